The van der Waals surface area contributed by atoms with Crippen molar-refractivity contribution in [3.8, 4) is 0 Å². The monoisotopic (exact) mass is 288 g/mol. The molecule has 1 aromatic carbocycles. The molecule has 0 spiro atoms. The summed E-state index contributed by atoms with van der Waals surface area (Å²) in [4.78, 5) is 4.58. The molecule has 2 rings (SSSR count). The van der Waals surface area contributed by atoms with Gasteiger partial charge in [0.05, 0.1) is 11.5 Å². The summed E-state index contributed by atoms with van der Waals surface area (Å²) in [5, 5.41) is 13.6. The Bertz CT molecular complexity index is 545. The second-order valence-electron chi connectivity index (χ2n) is 5.55. The highest BCUT2D eigenvalue weighted by Crippen LogP contribution is 2.36. The summed E-state index contributed by atoms with van der Waals surface area (Å²) in [5.74, 6) is 1.35. The molecule has 0 aliphatic rings. The van der Waals surface area contributed by atoms with Crippen molar-refractivity contribution in [2.24, 2.45) is 0 Å². The van der Waals surface area contributed by atoms with Crippen molar-refractivity contribution in [1.82, 2.24) is 10.1 Å². The molecule has 1 unspecified atom stereocenters. The van der Waals surface area contributed by atoms with Crippen LogP contribution in [-0.4, -0.2) is 21.4 Å². The van der Waals surface area contributed by atoms with Gasteiger partial charge >= 0.3 is 0 Å². The topological polar surface area (TPSA) is 59.2 Å². The van der Waals surface area contributed by atoms with Crippen LogP contribution >= 0.6 is 0 Å². The Labute approximate surface area is 126 Å². The third-order valence-corrected chi connectivity index (χ3v) is 4.21. The molecule has 0 aliphatic carbocycles. The fourth-order valence-electron chi connectivity index (χ4n) is 2.74. The fourth-order valence-corrected chi connectivity index (χ4v) is 2.74. The van der Waals surface area contributed by atoms with Gasteiger partial charge in [-0.25, -0.2) is 0 Å². The molecule has 4 nitrogen and oxygen atoms in total. The van der Waals surface area contributed by atoms with Gasteiger partial charge in [-0.05, 0) is 31.7 Å². The van der Waals surface area contributed by atoms with Crippen molar-refractivity contribution in [2.45, 2.75) is 58.0 Å². The Morgan fingerprint density at radius 1 is 1.19 bits per heavy atom. The minimum absolute atomic E-state index is 0.201. The Morgan fingerprint density at radius 2 is 1.86 bits per heavy atom. The van der Waals surface area contributed by atoms with Crippen LogP contribution in [0.25, 0.3) is 0 Å². The molecule has 114 valence electrons. The smallest absolute Gasteiger partial charge is 0.226 e. The van der Waals surface area contributed by atoms with Crippen LogP contribution in [0.1, 0.15) is 57.3 Å². The maximum atomic E-state index is 9.36. The van der Waals surface area contributed by atoms with Gasteiger partial charge in [0.25, 0.3) is 0 Å². The zero-order valence-electron chi connectivity index (χ0n) is 13.0. The molecule has 4 heteroatoms. The first-order valence-corrected chi connectivity index (χ1v) is 7.69. The average Bonchev–Trinajstić information content (AvgIpc) is 2.98. The van der Waals surface area contributed by atoms with E-state index in [1.165, 1.54) is 5.56 Å². The number of aliphatic hydroxyl groups is 1. The minimum atomic E-state index is -0.350. The Morgan fingerprint density at radius 3 is 2.43 bits per heavy atom. The quantitative estimate of drug-likeness (QED) is 0.847. The summed E-state index contributed by atoms with van der Waals surface area (Å²) < 4.78 is 5.37. The van der Waals surface area contributed by atoms with Crippen LogP contribution in [0.3, 0.4) is 0 Å². The molecule has 0 amide bonds. The number of benzene rings is 1. The van der Waals surface area contributed by atoms with Gasteiger partial charge in [0, 0.05) is 6.42 Å². The molecule has 0 saturated heterocycles. The third-order valence-electron chi connectivity index (χ3n) is 4.21. The van der Waals surface area contributed by atoms with Gasteiger partial charge < -0.3 is 9.63 Å². The number of aromatic nitrogens is 2. The zero-order valence-corrected chi connectivity index (χ0v) is 13.0. The fraction of sp³-hybridized carbons (Fsp3) is 0.529. The highest BCUT2D eigenvalue weighted by molar-refractivity contribution is 5.32. The Hall–Kier alpha value is -1.68. The highest BCUT2D eigenvalue weighted by atomic mass is 16.5. The summed E-state index contributed by atoms with van der Waals surface area (Å²) in [6.07, 6.45) is 2.74. The normalized spacial score (nSPS) is 13.3. The Kier molecular flexibility index (Phi) is 5.12. The number of aryl methyl sites for hydroxylation is 1. The van der Waals surface area contributed by atoms with Crippen molar-refractivity contribution in [3.63, 3.8) is 0 Å². The van der Waals surface area contributed by atoms with E-state index in [4.69, 9.17) is 4.52 Å². The van der Waals surface area contributed by atoms with E-state index in [0.717, 1.165) is 18.7 Å². The maximum absolute atomic E-state index is 9.36. The summed E-state index contributed by atoms with van der Waals surface area (Å²) in [6.45, 7) is 6.08. The van der Waals surface area contributed by atoms with Crippen LogP contribution < -0.4 is 0 Å². The van der Waals surface area contributed by atoms with Crippen molar-refractivity contribution in [2.75, 3.05) is 0 Å². The zero-order chi connectivity index (χ0) is 15.3. The summed E-state index contributed by atoms with van der Waals surface area (Å²) >= 11 is 0. The van der Waals surface area contributed by atoms with Crippen LogP contribution in [0, 0.1) is 0 Å². The number of hydrogen-bond donors (Lipinski definition) is 1. The maximum Gasteiger partial charge on any atom is 0.226 e. The molecule has 0 saturated carbocycles. The molecule has 1 heterocycles. The molecule has 2 aromatic rings. The lowest BCUT2D eigenvalue weighted by atomic mass is 9.75. The number of aliphatic hydroxyl groups excluding tert-OH is 1. The van der Waals surface area contributed by atoms with Crippen LogP contribution in [0.5, 0.6) is 0 Å². The lowest BCUT2D eigenvalue weighted by Gasteiger charge is -2.28. The van der Waals surface area contributed by atoms with Crippen LogP contribution in [0.15, 0.2) is 34.9 Å². The number of rotatable bonds is 7. The molecule has 0 bridgehead atoms. The van der Waals surface area contributed by atoms with E-state index in [-0.39, 0.29) is 11.5 Å². The summed E-state index contributed by atoms with van der Waals surface area (Å²) in [6, 6.07) is 10.4. The van der Waals surface area contributed by atoms with Gasteiger partial charge in [0.15, 0.2) is 5.82 Å². The molecule has 0 fully saturated rings. The first kappa shape index (κ1) is 15.7. The lowest BCUT2D eigenvalue weighted by molar-refractivity contribution is 0.180. The van der Waals surface area contributed by atoms with Gasteiger partial charge in [0.2, 0.25) is 5.89 Å². The van der Waals surface area contributed by atoms with Gasteiger partial charge in [0.1, 0.15) is 0 Å². The van der Waals surface area contributed by atoms with E-state index in [2.05, 4.69) is 36.1 Å². The molecule has 21 heavy (non-hydrogen) atoms. The molecule has 0 radical (unpaired) electrons. The Balaban J connectivity index is 2.31. The predicted octanol–water partition coefficient (Wildman–Crippen LogP) is 3.49. The van der Waals surface area contributed by atoms with Crippen molar-refractivity contribution in [3.05, 3.63) is 47.6 Å². The van der Waals surface area contributed by atoms with Gasteiger partial charge in [-0.2, -0.15) is 4.98 Å². The third kappa shape index (κ3) is 3.32. The van der Waals surface area contributed by atoms with E-state index in [0.29, 0.717) is 18.7 Å². The summed E-state index contributed by atoms with van der Waals surface area (Å²) in [7, 11) is 0. The van der Waals surface area contributed by atoms with Crippen molar-refractivity contribution >= 4 is 0 Å². The van der Waals surface area contributed by atoms with Crippen LogP contribution in [0.2, 0.25) is 0 Å². The first-order chi connectivity index (χ1) is 10.1. The van der Waals surface area contributed by atoms with E-state index in [9.17, 15) is 5.11 Å². The number of hydrogen-bond acceptors (Lipinski definition) is 4. The largest absolute Gasteiger partial charge is 0.393 e. The lowest BCUT2D eigenvalue weighted by Crippen LogP contribution is -2.27. The second kappa shape index (κ2) is 6.85. The first-order valence-electron chi connectivity index (χ1n) is 7.69. The predicted molar refractivity (Wildman–Crippen MR) is 82.1 cm³/mol. The van der Waals surface area contributed by atoms with Gasteiger partial charge in [-0.15, -0.1) is 0 Å². The summed E-state index contributed by atoms with van der Waals surface area (Å²) in [5.41, 5.74) is 1.02. The number of nitrogens with zero attached hydrogens (tertiary/aromatic N) is 2. The minimum Gasteiger partial charge on any atom is -0.393 e. The standard InChI is InChI=1S/C17H24N2O2/c1-4-17(5-2,14-9-7-6-8-10-14)16-18-15(21-19-16)12-11-13(3)20/h6-10,13,20H,4-5,11-12H2,1-3H3. The molecule has 1 N–H and O–H groups in total. The molecule has 0 aliphatic heterocycles. The SMILES string of the molecule is CCC(CC)(c1ccccc1)c1noc(CCC(C)O)n1. The molecule has 1 atom stereocenters. The average molecular weight is 288 g/mol. The van der Waals surface area contributed by atoms with E-state index < -0.39 is 0 Å². The molecular formula is C17H24N2O2. The van der Waals surface area contributed by atoms with Gasteiger partial charge in [-0.3, -0.25) is 0 Å². The van der Waals surface area contributed by atoms with Crippen LogP contribution in [0.4, 0.5) is 0 Å². The molecular weight excluding hydrogens is 264 g/mol. The molecule has 1 aromatic heterocycles. The highest BCUT2D eigenvalue weighted by Gasteiger charge is 2.35. The van der Waals surface area contributed by atoms with Crippen molar-refractivity contribution in [1.29, 1.82) is 0 Å². The second-order valence-corrected chi connectivity index (χ2v) is 5.55. The van der Waals surface area contributed by atoms with E-state index >= 15 is 0 Å². The van der Waals surface area contributed by atoms with Gasteiger partial charge in [-0.1, -0.05) is 49.3 Å². The van der Waals surface area contributed by atoms with E-state index in [1.807, 2.05) is 18.2 Å². The van der Waals surface area contributed by atoms with E-state index in [1.54, 1.807) is 6.92 Å². The van der Waals surface area contributed by atoms with Crippen LogP contribution in [-0.2, 0) is 11.8 Å². The van der Waals surface area contributed by atoms with Crippen molar-refractivity contribution < 1.29 is 9.63 Å².